The van der Waals surface area contributed by atoms with E-state index >= 15 is 0 Å². The van der Waals surface area contributed by atoms with Crippen molar-refractivity contribution in [2.24, 2.45) is 0 Å². The molecule has 0 aliphatic carbocycles. The second kappa shape index (κ2) is 6.11. The zero-order valence-electron chi connectivity index (χ0n) is 14.8. The van der Waals surface area contributed by atoms with Crippen molar-refractivity contribution in [3.8, 4) is 5.95 Å². The fourth-order valence-corrected chi connectivity index (χ4v) is 2.96. The van der Waals surface area contributed by atoms with Gasteiger partial charge in [0.2, 0.25) is 5.95 Å². The minimum atomic E-state index is -0.198. The first-order valence-corrected chi connectivity index (χ1v) is 8.26. The van der Waals surface area contributed by atoms with Crippen molar-refractivity contribution in [1.82, 2.24) is 23.9 Å². The lowest BCUT2D eigenvalue weighted by Gasteiger charge is -2.07. The van der Waals surface area contributed by atoms with Crippen LogP contribution in [0.1, 0.15) is 27.6 Å². The Morgan fingerprint density at radius 3 is 2.54 bits per heavy atom. The summed E-state index contributed by atoms with van der Waals surface area (Å²) < 4.78 is 3.79. The zero-order valence-corrected chi connectivity index (χ0v) is 14.8. The molecule has 0 aliphatic heterocycles. The van der Waals surface area contributed by atoms with Crippen LogP contribution in [0.5, 0.6) is 0 Å². The lowest BCUT2D eigenvalue weighted by molar-refractivity contribution is 0.102. The van der Waals surface area contributed by atoms with Gasteiger partial charge >= 0.3 is 0 Å². The summed E-state index contributed by atoms with van der Waals surface area (Å²) in [4.78, 5) is 25.6. The molecule has 1 amide bonds. The van der Waals surface area contributed by atoms with Crippen LogP contribution in [0.3, 0.4) is 0 Å². The first kappa shape index (κ1) is 16.0. The number of hydrogen-bond donors (Lipinski definition) is 1. The van der Waals surface area contributed by atoms with Crippen LogP contribution in [0.2, 0.25) is 0 Å². The Morgan fingerprint density at radius 1 is 1.12 bits per heavy atom. The normalized spacial score (nSPS) is 11.0. The van der Waals surface area contributed by atoms with Crippen LogP contribution in [0.15, 0.2) is 49.1 Å². The molecule has 0 fully saturated rings. The van der Waals surface area contributed by atoms with E-state index in [1.807, 2.05) is 60.2 Å². The number of aromatic nitrogens is 5. The first-order valence-electron chi connectivity index (χ1n) is 8.26. The fraction of sp³-hybridized carbons (Fsp3) is 0.158. The molecule has 0 radical (unpaired) electrons. The fourth-order valence-electron chi connectivity index (χ4n) is 2.96. The van der Waals surface area contributed by atoms with Gasteiger partial charge in [0.25, 0.3) is 5.91 Å². The number of nitrogens with one attached hydrogen (secondary N) is 1. The Balaban J connectivity index is 1.56. The van der Waals surface area contributed by atoms with E-state index in [0.717, 1.165) is 22.7 Å². The molecule has 0 saturated heterocycles. The number of nitrogens with zero attached hydrogens (tertiary/aromatic N) is 5. The Bertz CT molecular complexity index is 1070. The maximum absolute atomic E-state index is 12.5. The highest BCUT2D eigenvalue weighted by molar-refractivity contribution is 6.04. The summed E-state index contributed by atoms with van der Waals surface area (Å²) in [6, 6.07) is 7.65. The second-order valence-electron chi connectivity index (χ2n) is 6.15. The van der Waals surface area contributed by atoms with Gasteiger partial charge in [-0.2, -0.15) is 0 Å². The highest BCUT2D eigenvalue weighted by Crippen LogP contribution is 2.16. The van der Waals surface area contributed by atoms with Gasteiger partial charge in [-0.05, 0) is 39.0 Å². The number of aryl methyl sites for hydroxylation is 2. The lowest BCUT2D eigenvalue weighted by atomic mass is 10.3. The molecular formula is C19H18N6O. The van der Waals surface area contributed by atoms with Crippen LogP contribution in [0, 0.1) is 20.8 Å². The van der Waals surface area contributed by atoms with Gasteiger partial charge in [0.05, 0.1) is 29.3 Å². The highest BCUT2D eigenvalue weighted by atomic mass is 16.1. The summed E-state index contributed by atoms with van der Waals surface area (Å²) >= 11 is 0. The third-order valence-electron chi connectivity index (χ3n) is 4.37. The molecule has 7 heteroatoms. The van der Waals surface area contributed by atoms with E-state index in [9.17, 15) is 4.79 Å². The van der Waals surface area contributed by atoms with E-state index in [2.05, 4.69) is 20.3 Å². The number of amides is 1. The number of fused-ring (bicyclic) bond motifs is 1. The molecule has 0 unspecified atom stereocenters. The predicted octanol–water partition coefficient (Wildman–Crippen LogP) is 3.09. The lowest BCUT2D eigenvalue weighted by Crippen LogP contribution is -2.12. The summed E-state index contributed by atoms with van der Waals surface area (Å²) in [5.41, 5.74) is 4.04. The Labute approximate surface area is 150 Å². The molecule has 0 atom stereocenters. The minimum absolute atomic E-state index is 0.198. The molecule has 130 valence electrons. The van der Waals surface area contributed by atoms with Gasteiger partial charge in [-0.25, -0.2) is 15.0 Å². The van der Waals surface area contributed by atoms with E-state index in [1.54, 1.807) is 18.6 Å². The van der Waals surface area contributed by atoms with E-state index in [1.165, 1.54) is 0 Å². The molecule has 0 aromatic carbocycles. The standard InChI is InChI=1S/C19H18N6O/c1-12-13(2)25(14(3)22-12)19-20-9-16(10-21-19)23-18(26)15-8-17-6-4-5-7-24(17)11-15/h4-11H,1-3H3,(H,23,26). The Kier molecular flexibility index (Phi) is 3.76. The summed E-state index contributed by atoms with van der Waals surface area (Å²) in [7, 11) is 0. The third-order valence-corrected chi connectivity index (χ3v) is 4.37. The molecule has 0 bridgehead atoms. The molecule has 0 saturated carbocycles. The number of rotatable bonds is 3. The number of hydrogen-bond acceptors (Lipinski definition) is 4. The number of carbonyl (C=O) groups excluding carboxylic acids is 1. The van der Waals surface area contributed by atoms with Crippen molar-refractivity contribution in [2.75, 3.05) is 5.32 Å². The number of carbonyl (C=O) groups is 1. The van der Waals surface area contributed by atoms with Crippen LogP contribution < -0.4 is 5.32 Å². The molecule has 4 aromatic rings. The van der Waals surface area contributed by atoms with Crippen molar-refractivity contribution >= 4 is 17.1 Å². The molecule has 4 aromatic heterocycles. The minimum Gasteiger partial charge on any atom is -0.323 e. The monoisotopic (exact) mass is 346 g/mol. The Morgan fingerprint density at radius 2 is 1.88 bits per heavy atom. The van der Waals surface area contributed by atoms with Gasteiger partial charge in [-0.3, -0.25) is 9.36 Å². The molecule has 1 N–H and O–H groups in total. The molecule has 4 heterocycles. The van der Waals surface area contributed by atoms with Gasteiger partial charge < -0.3 is 9.72 Å². The van der Waals surface area contributed by atoms with Crippen LogP contribution in [0.4, 0.5) is 5.69 Å². The first-order chi connectivity index (χ1) is 12.5. The third kappa shape index (κ3) is 2.73. The average Bonchev–Trinajstić information content (AvgIpc) is 3.17. The van der Waals surface area contributed by atoms with E-state index in [-0.39, 0.29) is 5.91 Å². The van der Waals surface area contributed by atoms with Crippen LogP contribution >= 0.6 is 0 Å². The Hall–Kier alpha value is -3.48. The topological polar surface area (TPSA) is 77.1 Å². The van der Waals surface area contributed by atoms with Gasteiger partial charge in [0, 0.05) is 23.6 Å². The van der Waals surface area contributed by atoms with Gasteiger partial charge in [-0.15, -0.1) is 0 Å². The van der Waals surface area contributed by atoms with Gasteiger partial charge in [0.15, 0.2) is 0 Å². The van der Waals surface area contributed by atoms with Crippen molar-refractivity contribution in [3.05, 3.63) is 71.8 Å². The highest BCUT2D eigenvalue weighted by Gasteiger charge is 2.13. The summed E-state index contributed by atoms with van der Waals surface area (Å²) in [6.45, 7) is 5.85. The van der Waals surface area contributed by atoms with E-state index < -0.39 is 0 Å². The summed E-state index contributed by atoms with van der Waals surface area (Å²) in [5.74, 6) is 1.17. The zero-order chi connectivity index (χ0) is 18.3. The van der Waals surface area contributed by atoms with E-state index in [4.69, 9.17) is 0 Å². The predicted molar refractivity (Wildman–Crippen MR) is 98.7 cm³/mol. The smallest absolute Gasteiger partial charge is 0.257 e. The van der Waals surface area contributed by atoms with Crippen LogP contribution in [-0.4, -0.2) is 29.8 Å². The van der Waals surface area contributed by atoms with Crippen LogP contribution in [0.25, 0.3) is 11.5 Å². The average molecular weight is 346 g/mol. The quantitative estimate of drug-likeness (QED) is 0.618. The molecule has 4 rings (SSSR count). The number of imidazole rings is 1. The summed E-state index contributed by atoms with van der Waals surface area (Å²) in [5, 5.41) is 2.83. The van der Waals surface area contributed by atoms with Crippen LogP contribution in [-0.2, 0) is 0 Å². The largest absolute Gasteiger partial charge is 0.323 e. The molecule has 0 spiro atoms. The molecule has 0 aliphatic rings. The van der Waals surface area contributed by atoms with Gasteiger partial charge in [-0.1, -0.05) is 6.07 Å². The summed E-state index contributed by atoms with van der Waals surface area (Å²) in [6.07, 6.45) is 6.90. The van der Waals surface area contributed by atoms with Crippen molar-refractivity contribution in [1.29, 1.82) is 0 Å². The number of anilines is 1. The second-order valence-corrected chi connectivity index (χ2v) is 6.15. The molecule has 26 heavy (non-hydrogen) atoms. The number of pyridine rings is 1. The molecule has 7 nitrogen and oxygen atoms in total. The van der Waals surface area contributed by atoms with Crippen molar-refractivity contribution < 1.29 is 4.79 Å². The van der Waals surface area contributed by atoms with Crippen molar-refractivity contribution in [2.45, 2.75) is 20.8 Å². The van der Waals surface area contributed by atoms with Gasteiger partial charge in [0.1, 0.15) is 5.82 Å². The maximum Gasteiger partial charge on any atom is 0.257 e. The molecular weight excluding hydrogens is 328 g/mol. The maximum atomic E-state index is 12.5. The van der Waals surface area contributed by atoms with Crippen molar-refractivity contribution in [3.63, 3.8) is 0 Å². The van der Waals surface area contributed by atoms with E-state index in [0.29, 0.717) is 17.2 Å². The SMILES string of the molecule is Cc1nc(C)n(-c2ncc(NC(=O)c3cc4ccccn4c3)cn2)c1C.